The van der Waals surface area contributed by atoms with Crippen LogP contribution in [-0.2, 0) is 16.1 Å². The first-order valence-corrected chi connectivity index (χ1v) is 9.76. The van der Waals surface area contributed by atoms with E-state index in [0.717, 1.165) is 42.5 Å². The number of esters is 1. The number of hydrogen-bond donors (Lipinski definition) is 1. The lowest BCUT2D eigenvalue weighted by molar-refractivity contribution is -0.922. The third kappa shape index (κ3) is 5.18. The summed E-state index contributed by atoms with van der Waals surface area (Å²) >= 11 is 1.30. The first-order chi connectivity index (χ1) is 12.5. The minimum absolute atomic E-state index is 0. The lowest BCUT2D eigenvalue weighted by Gasteiger charge is -2.33. The number of methoxy groups -OCH3 is 1. The van der Waals surface area contributed by atoms with Crippen LogP contribution < -0.4 is 22.3 Å². The second-order valence-corrected chi connectivity index (χ2v) is 7.84. The summed E-state index contributed by atoms with van der Waals surface area (Å²) in [4.78, 5) is 25.2. The Morgan fingerprint density at radius 1 is 1.19 bits per heavy atom. The largest absolute Gasteiger partial charge is 1.00 e. The summed E-state index contributed by atoms with van der Waals surface area (Å²) in [5.41, 5.74) is 2.73. The van der Waals surface area contributed by atoms with Gasteiger partial charge in [-0.05, 0) is 17.9 Å². The van der Waals surface area contributed by atoms with Crippen molar-refractivity contribution < 1.29 is 35.8 Å². The summed E-state index contributed by atoms with van der Waals surface area (Å²) in [5.74, 6) is -0.456. The van der Waals surface area contributed by atoms with Gasteiger partial charge in [-0.3, -0.25) is 4.79 Å². The summed E-state index contributed by atoms with van der Waals surface area (Å²) in [6, 6.07) is 10.3. The Morgan fingerprint density at radius 3 is 2.48 bits per heavy atom. The Morgan fingerprint density at radius 2 is 1.85 bits per heavy atom. The van der Waals surface area contributed by atoms with Crippen LogP contribution in [0.15, 0.2) is 35.7 Å². The molecule has 0 saturated carbocycles. The molecule has 0 aliphatic carbocycles. The first kappa shape index (κ1) is 21.6. The van der Waals surface area contributed by atoms with Gasteiger partial charge >= 0.3 is 5.97 Å². The molecule has 2 heterocycles. The van der Waals surface area contributed by atoms with Gasteiger partial charge in [0, 0.05) is 18.4 Å². The van der Waals surface area contributed by atoms with Gasteiger partial charge in [0.15, 0.2) is 6.54 Å². The van der Waals surface area contributed by atoms with Crippen molar-refractivity contribution in [3.05, 3.63) is 51.7 Å². The molecule has 0 radical (unpaired) electrons. The zero-order chi connectivity index (χ0) is 18.6. The van der Waals surface area contributed by atoms with Crippen LogP contribution in [-0.4, -0.2) is 43.1 Å². The van der Waals surface area contributed by atoms with Crippen molar-refractivity contribution in [3.8, 4) is 0 Å². The number of hydrogen-bond acceptors (Lipinski definition) is 4. The monoisotopic (exact) mass is 452 g/mol. The van der Waals surface area contributed by atoms with Crippen LogP contribution in [0.25, 0.3) is 0 Å². The van der Waals surface area contributed by atoms with E-state index < -0.39 is 5.97 Å². The highest BCUT2D eigenvalue weighted by molar-refractivity contribution is 7.12. The van der Waals surface area contributed by atoms with Crippen LogP contribution in [0.2, 0.25) is 0 Å². The van der Waals surface area contributed by atoms with E-state index in [4.69, 9.17) is 4.74 Å². The molecule has 1 N–H and O–H groups in total. The van der Waals surface area contributed by atoms with Crippen molar-refractivity contribution in [1.82, 2.24) is 0 Å². The number of nitrogens with one attached hydrogen (secondary N) is 1. The van der Waals surface area contributed by atoms with E-state index >= 15 is 0 Å². The summed E-state index contributed by atoms with van der Waals surface area (Å²) in [6.07, 6.45) is 2.29. The van der Waals surface area contributed by atoms with Crippen molar-refractivity contribution >= 4 is 28.9 Å². The second-order valence-electron chi connectivity index (χ2n) is 6.96. The van der Waals surface area contributed by atoms with Crippen LogP contribution >= 0.6 is 11.3 Å². The molecule has 1 fully saturated rings. The topological polar surface area (TPSA) is 55.4 Å². The third-order valence-electron chi connectivity index (χ3n) is 4.96. The Hall–Kier alpha value is -1.70. The molecule has 7 heteroatoms. The van der Waals surface area contributed by atoms with Gasteiger partial charge in [0.2, 0.25) is 0 Å². The molecule has 1 saturated heterocycles. The Bertz CT molecular complexity index is 786. The van der Waals surface area contributed by atoms with E-state index in [-0.39, 0.29) is 22.9 Å². The number of quaternary nitrogens is 1. The van der Waals surface area contributed by atoms with Gasteiger partial charge < -0.3 is 31.5 Å². The zero-order valence-electron chi connectivity index (χ0n) is 15.7. The SMILES string of the molecule is COC(=O)c1scc(C)c1NC(=O)C[N+]1(Cc2ccccc2)CCCC1.[Br-]. The van der Waals surface area contributed by atoms with Gasteiger partial charge in [0.05, 0.1) is 25.9 Å². The second kappa shape index (κ2) is 9.48. The number of anilines is 1. The molecule has 146 valence electrons. The van der Waals surface area contributed by atoms with Crippen LogP contribution in [0, 0.1) is 6.92 Å². The minimum Gasteiger partial charge on any atom is -1.00 e. The minimum atomic E-state index is -0.409. The average Bonchev–Trinajstić information content (AvgIpc) is 3.23. The van der Waals surface area contributed by atoms with Gasteiger partial charge in [0.1, 0.15) is 11.4 Å². The number of nitrogens with zero attached hydrogens (tertiary/aromatic N) is 1. The molecule has 1 aliphatic heterocycles. The predicted octanol–water partition coefficient (Wildman–Crippen LogP) is 0.596. The predicted molar refractivity (Wildman–Crippen MR) is 103 cm³/mol. The molecular weight excluding hydrogens is 428 g/mol. The quantitative estimate of drug-likeness (QED) is 0.515. The maximum Gasteiger partial charge on any atom is 0.350 e. The molecule has 0 bridgehead atoms. The van der Waals surface area contributed by atoms with Gasteiger partial charge in [-0.2, -0.15) is 0 Å². The fourth-order valence-corrected chi connectivity index (χ4v) is 4.60. The Labute approximate surface area is 174 Å². The molecule has 0 atom stereocenters. The molecule has 27 heavy (non-hydrogen) atoms. The van der Waals surface area contributed by atoms with Crippen molar-refractivity contribution in [2.75, 3.05) is 32.1 Å². The average molecular weight is 453 g/mol. The van der Waals surface area contributed by atoms with E-state index in [0.29, 0.717) is 17.1 Å². The normalized spacial score (nSPS) is 15.0. The van der Waals surface area contributed by atoms with Gasteiger partial charge in [-0.1, -0.05) is 30.3 Å². The zero-order valence-corrected chi connectivity index (χ0v) is 18.1. The van der Waals surface area contributed by atoms with E-state index in [1.807, 2.05) is 30.5 Å². The highest BCUT2D eigenvalue weighted by atomic mass is 79.9. The highest BCUT2D eigenvalue weighted by Gasteiger charge is 2.35. The smallest absolute Gasteiger partial charge is 0.350 e. The van der Waals surface area contributed by atoms with E-state index in [9.17, 15) is 9.59 Å². The van der Waals surface area contributed by atoms with Crippen molar-refractivity contribution in [2.45, 2.75) is 26.3 Å². The number of carbonyl (C=O) groups excluding carboxylic acids is 2. The van der Waals surface area contributed by atoms with Crippen LogP contribution in [0.3, 0.4) is 0 Å². The molecule has 0 unspecified atom stereocenters. The molecule has 5 nitrogen and oxygen atoms in total. The third-order valence-corrected chi connectivity index (χ3v) is 6.04. The van der Waals surface area contributed by atoms with Crippen LogP contribution in [0.4, 0.5) is 5.69 Å². The molecule has 2 aromatic rings. The summed E-state index contributed by atoms with van der Waals surface area (Å²) in [7, 11) is 1.35. The van der Waals surface area contributed by atoms with Crippen LogP contribution in [0.5, 0.6) is 0 Å². The number of rotatable bonds is 6. The van der Waals surface area contributed by atoms with Gasteiger partial charge in [-0.25, -0.2) is 4.79 Å². The first-order valence-electron chi connectivity index (χ1n) is 8.88. The van der Waals surface area contributed by atoms with Crippen molar-refractivity contribution in [1.29, 1.82) is 0 Å². The van der Waals surface area contributed by atoms with Crippen LogP contribution in [0.1, 0.15) is 33.6 Å². The maximum absolute atomic E-state index is 12.8. The molecule has 3 rings (SSSR count). The Kier molecular flexibility index (Phi) is 7.59. The molecule has 1 aromatic carbocycles. The van der Waals surface area contributed by atoms with E-state index in [1.54, 1.807) is 0 Å². The maximum atomic E-state index is 12.8. The van der Waals surface area contributed by atoms with E-state index in [1.165, 1.54) is 24.0 Å². The number of thiophene rings is 1. The summed E-state index contributed by atoms with van der Waals surface area (Å²) in [5, 5.41) is 4.83. The molecule has 1 aromatic heterocycles. The van der Waals surface area contributed by atoms with E-state index in [2.05, 4.69) is 17.4 Å². The molecule has 1 aliphatic rings. The number of carbonyl (C=O) groups is 2. The van der Waals surface area contributed by atoms with Gasteiger partial charge in [-0.15, -0.1) is 11.3 Å². The number of likely N-dealkylation sites (tertiary alicyclic amines) is 1. The molecule has 0 spiro atoms. The lowest BCUT2D eigenvalue weighted by atomic mass is 10.2. The standard InChI is InChI=1S/C20H24N2O3S.BrH/c1-15-14-26-19(20(24)25-2)18(15)21-17(23)13-22(10-6-7-11-22)12-16-8-4-3-5-9-16;/h3-5,8-9,14H,6-7,10-13H2,1-2H3;1H. The van der Waals surface area contributed by atoms with Crippen molar-refractivity contribution in [2.24, 2.45) is 0 Å². The molecular formula is C20H25BrN2O3S. The van der Waals surface area contributed by atoms with Gasteiger partial charge in [0.25, 0.3) is 5.91 Å². The summed E-state index contributed by atoms with van der Waals surface area (Å²) in [6.45, 7) is 5.19. The lowest BCUT2D eigenvalue weighted by Crippen LogP contribution is -3.00. The number of aryl methyl sites for hydroxylation is 1. The number of halogens is 1. The highest BCUT2D eigenvalue weighted by Crippen LogP contribution is 2.29. The number of amides is 1. The van der Waals surface area contributed by atoms with Crippen molar-refractivity contribution in [3.63, 3.8) is 0 Å². The fraction of sp³-hybridized carbons (Fsp3) is 0.400. The fourth-order valence-electron chi connectivity index (χ4n) is 3.68. The summed E-state index contributed by atoms with van der Waals surface area (Å²) < 4.78 is 5.59. The molecule has 1 amide bonds. The number of ether oxygens (including phenoxy) is 1. The number of benzene rings is 1. The Balaban J connectivity index is 0.00000261.